The lowest BCUT2D eigenvalue weighted by Crippen LogP contribution is -2.50. The van der Waals surface area contributed by atoms with Crippen LogP contribution < -0.4 is 5.73 Å². The molecule has 21 heavy (non-hydrogen) atoms. The summed E-state index contributed by atoms with van der Waals surface area (Å²) in [6.45, 7) is -0.392. The Balaban J connectivity index is 2.41. The highest BCUT2D eigenvalue weighted by Gasteiger charge is 2.35. The van der Waals surface area contributed by atoms with Crippen LogP contribution in [0.1, 0.15) is 0 Å². The first kappa shape index (κ1) is 16.1. The first-order valence-electron chi connectivity index (χ1n) is 5.79. The molecule has 2 rings (SSSR count). The van der Waals surface area contributed by atoms with Crippen molar-refractivity contribution in [1.82, 2.24) is 4.31 Å². The maximum Gasteiger partial charge on any atom is 0.249 e. The maximum absolute atomic E-state index is 13.7. The van der Waals surface area contributed by atoms with E-state index < -0.39 is 38.5 Å². The number of thiocarbonyl (C=S) groups is 1. The topological polar surface area (TPSA) is 72.6 Å². The lowest BCUT2D eigenvalue weighted by atomic mass is 10.3. The molecule has 1 aromatic rings. The number of hydrogen-bond acceptors (Lipinski definition) is 4. The molecule has 0 bridgehead atoms. The molecule has 0 saturated carbocycles. The summed E-state index contributed by atoms with van der Waals surface area (Å²) < 4.78 is 70.7. The Morgan fingerprint density at radius 1 is 1.33 bits per heavy atom. The normalized spacial score (nSPS) is 20.4. The largest absolute Gasteiger partial charge is 0.391 e. The van der Waals surface area contributed by atoms with Crippen molar-refractivity contribution in [2.45, 2.75) is 11.0 Å². The highest BCUT2D eigenvalue weighted by Crippen LogP contribution is 2.25. The number of morpholine rings is 1. The predicted octanol–water partition coefficient (Wildman–Crippen LogP) is 0.780. The maximum atomic E-state index is 13.7. The second kappa shape index (κ2) is 5.87. The molecule has 0 aromatic heterocycles. The number of ether oxygens (including phenoxy) is 1. The zero-order valence-electron chi connectivity index (χ0n) is 10.6. The molecular weight excluding hydrogens is 329 g/mol. The molecule has 0 radical (unpaired) electrons. The Morgan fingerprint density at radius 2 is 1.90 bits per heavy atom. The van der Waals surface area contributed by atoms with Crippen LogP contribution in [0.4, 0.5) is 13.2 Å². The summed E-state index contributed by atoms with van der Waals surface area (Å²) in [5, 5.41) is 0. The van der Waals surface area contributed by atoms with Crippen molar-refractivity contribution in [3.63, 3.8) is 0 Å². The molecule has 0 amide bonds. The van der Waals surface area contributed by atoms with Crippen molar-refractivity contribution in [3.8, 4) is 0 Å². The van der Waals surface area contributed by atoms with Gasteiger partial charge in [-0.1, -0.05) is 12.2 Å². The highest BCUT2D eigenvalue weighted by atomic mass is 32.2. The summed E-state index contributed by atoms with van der Waals surface area (Å²) >= 11 is 4.71. The van der Waals surface area contributed by atoms with Crippen LogP contribution in [0.25, 0.3) is 0 Å². The molecule has 5 nitrogen and oxygen atoms in total. The van der Waals surface area contributed by atoms with Crippen LogP contribution in [0.5, 0.6) is 0 Å². The van der Waals surface area contributed by atoms with Gasteiger partial charge in [0, 0.05) is 25.2 Å². The van der Waals surface area contributed by atoms with Crippen LogP contribution in [0.2, 0.25) is 0 Å². The number of rotatable bonds is 3. The van der Waals surface area contributed by atoms with Crippen molar-refractivity contribution < 1.29 is 26.3 Å². The third kappa shape index (κ3) is 3.18. The Morgan fingerprint density at radius 3 is 2.43 bits per heavy atom. The van der Waals surface area contributed by atoms with E-state index in [9.17, 15) is 21.6 Å². The molecule has 0 spiro atoms. The molecule has 1 unspecified atom stereocenters. The summed E-state index contributed by atoms with van der Waals surface area (Å²) in [6, 6.07) is 0.614. The predicted molar refractivity (Wildman–Crippen MR) is 71.6 cm³/mol. The van der Waals surface area contributed by atoms with Gasteiger partial charge in [0.2, 0.25) is 10.0 Å². The van der Waals surface area contributed by atoms with Crippen molar-refractivity contribution >= 4 is 27.2 Å². The SMILES string of the molecule is NC(=S)C1CN(S(=O)(=O)c2c(F)cc(F)cc2F)CCO1. The van der Waals surface area contributed by atoms with Crippen LogP contribution in [-0.4, -0.2) is 43.5 Å². The van der Waals surface area contributed by atoms with Gasteiger partial charge in [-0.15, -0.1) is 0 Å². The monoisotopic (exact) mass is 340 g/mol. The molecule has 0 aliphatic carbocycles. The fourth-order valence-electron chi connectivity index (χ4n) is 1.92. The molecule has 1 heterocycles. The van der Waals surface area contributed by atoms with E-state index in [1.165, 1.54) is 0 Å². The van der Waals surface area contributed by atoms with Gasteiger partial charge in [0.1, 0.15) is 28.5 Å². The van der Waals surface area contributed by atoms with Crippen LogP contribution in [0.15, 0.2) is 17.0 Å². The highest BCUT2D eigenvalue weighted by molar-refractivity contribution is 7.89. The Labute approximate surface area is 124 Å². The van der Waals surface area contributed by atoms with Crippen LogP contribution in [-0.2, 0) is 14.8 Å². The number of nitrogens with zero attached hydrogens (tertiary/aromatic N) is 1. The first-order chi connectivity index (χ1) is 9.73. The zero-order valence-corrected chi connectivity index (χ0v) is 12.2. The van der Waals surface area contributed by atoms with Gasteiger partial charge >= 0.3 is 0 Å². The smallest absolute Gasteiger partial charge is 0.249 e. The lowest BCUT2D eigenvalue weighted by molar-refractivity contribution is 0.0385. The zero-order chi connectivity index (χ0) is 15.8. The van der Waals surface area contributed by atoms with Gasteiger partial charge in [-0.05, 0) is 0 Å². The number of hydrogen-bond donors (Lipinski definition) is 1. The number of halogens is 3. The molecule has 10 heteroatoms. The molecule has 1 atom stereocenters. The van der Waals surface area contributed by atoms with E-state index in [-0.39, 0.29) is 24.7 Å². The van der Waals surface area contributed by atoms with Crippen LogP contribution in [0, 0.1) is 17.5 Å². The number of benzene rings is 1. The fraction of sp³-hybridized carbons (Fsp3) is 0.364. The van der Waals surface area contributed by atoms with E-state index in [1.807, 2.05) is 0 Å². The lowest BCUT2D eigenvalue weighted by Gasteiger charge is -2.31. The minimum absolute atomic E-state index is 0.0222. The molecule has 2 N–H and O–H groups in total. The van der Waals surface area contributed by atoms with Crippen LogP contribution in [0.3, 0.4) is 0 Å². The van der Waals surface area contributed by atoms with Gasteiger partial charge in [0.05, 0.1) is 6.61 Å². The summed E-state index contributed by atoms with van der Waals surface area (Å²) in [5.41, 5.74) is 5.38. The van der Waals surface area contributed by atoms with Gasteiger partial charge in [-0.25, -0.2) is 21.6 Å². The Hall–Kier alpha value is -1.23. The third-order valence-electron chi connectivity index (χ3n) is 2.91. The van der Waals surface area contributed by atoms with E-state index in [0.29, 0.717) is 12.1 Å². The standard InChI is InChI=1S/C11H11F3N2O3S2/c12-6-3-7(13)10(8(14)4-6)21(17,18)16-1-2-19-9(5-16)11(15)20/h3-4,9H,1-2,5H2,(H2,15,20). The van der Waals surface area contributed by atoms with Crippen molar-refractivity contribution in [2.24, 2.45) is 5.73 Å². The minimum atomic E-state index is -4.49. The van der Waals surface area contributed by atoms with Gasteiger partial charge in [0.15, 0.2) is 4.90 Å². The summed E-state index contributed by atoms with van der Waals surface area (Å²) in [4.78, 5) is -1.26. The van der Waals surface area contributed by atoms with Crippen LogP contribution >= 0.6 is 12.2 Å². The minimum Gasteiger partial charge on any atom is -0.391 e. The van der Waals surface area contributed by atoms with E-state index in [1.54, 1.807) is 0 Å². The van der Waals surface area contributed by atoms with Gasteiger partial charge in [0.25, 0.3) is 0 Å². The Kier molecular flexibility index (Phi) is 4.51. The van der Waals surface area contributed by atoms with E-state index >= 15 is 0 Å². The first-order valence-corrected chi connectivity index (χ1v) is 7.64. The quantitative estimate of drug-likeness (QED) is 0.824. The molecule has 116 valence electrons. The Bertz CT molecular complexity index is 658. The van der Waals surface area contributed by atoms with Gasteiger partial charge in [-0.2, -0.15) is 4.31 Å². The van der Waals surface area contributed by atoms with Crippen molar-refractivity contribution in [3.05, 3.63) is 29.6 Å². The molecule has 1 fully saturated rings. The molecule has 1 aliphatic heterocycles. The van der Waals surface area contributed by atoms with E-state index in [2.05, 4.69) is 0 Å². The average molecular weight is 340 g/mol. The number of sulfonamides is 1. The average Bonchev–Trinajstić information content (AvgIpc) is 2.37. The second-order valence-electron chi connectivity index (χ2n) is 4.32. The molecule has 1 aliphatic rings. The summed E-state index contributed by atoms with van der Waals surface area (Å²) in [6.07, 6.45) is -0.838. The molecule has 1 saturated heterocycles. The number of nitrogens with two attached hydrogens (primary N) is 1. The van der Waals surface area contributed by atoms with E-state index in [4.69, 9.17) is 22.7 Å². The second-order valence-corrected chi connectivity index (χ2v) is 6.67. The molecular formula is C11H11F3N2O3S2. The van der Waals surface area contributed by atoms with Gasteiger partial charge < -0.3 is 10.5 Å². The fourth-order valence-corrected chi connectivity index (χ4v) is 3.58. The van der Waals surface area contributed by atoms with Gasteiger partial charge in [-0.3, -0.25) is 0 Å². The molecule has 1 aromatic carbocycles. The van der Waals surface area contributed by atoms with Crippen molar-refractivity contribution in [1.29, 1.82) is 0 Å². The summed E-state index contributed by atoms with van der Waals surface area (Å²) in [5.74, 6) is -4.19. The summed E-state index contributed by atoms with van der Waals surface area (Å²) in [7, 11) is -4.49. The third-order valence-corrected chi connectivity index (χ3v) is 5.09. The van der Waals surface area contributed by atoms with Crippen molar-refractivity contribution in [2.75, 3.05) is 19.7 Å². The van der Waals surface area contributed by atoms with E-state index in [0.717, 1.165) is 4.31 Å².